The van der Waals surface area contributed by atoms with Gasteiger partial charge in [-0.2, -0.15) is 4.31 Å². The smallest absolute Gasteiger partial charge is 0.311 e. The molecule has 1 saturated carbocycles. The third-order valence-electron chi connectivity index (χ3n) is 6.17. The molecule has 7 nitrogen and oxygen atoms in total. The van der Waals surface area contributed by atoms with Crippen LogP contribution in [-0.4, -0.2) is 66.0 Å². The Hall–Kier alpha value is -1.15. The Kier molecular flexibility index (Phi) is 5.12. The van der Waals surface area contributed by atoms with Crippen molar-refractivity contribution < 1.29 is 23.1 Å². The van der Waals surface area contributed by atoms with Gasteiger partial charge in [-0.15, -0.1) is 0 Å². The van der Waals surface area contributed by atoms with Crippen molar-refractivity contribution in [2.45, 2.75) is 57.9 Å². The van der Waals surface area contributed by atoms with E-state index in [1.54, 1.807) is 4.90 Å². The average Bonchev–Trinajstić information content (AvgIpc) is 3.12. The molecule has 0 aromatic carbocycles. The fraction of sp³-hybridized carbons (Fsp3) is 0.882. The largest absolute Gasteiger partial charge is 0.481 e. The summed E-state index contributed by atoms with van der Waals surface area (Å²) in [6, 6.07) is -0.657. The Bertz CT molecular complexity index is 649. The zero-order valence-corrected chi connectivity index (χ0v) is 15.6. The van der Waals surface area contributed by atoms with Crippen molar-refractivity contribution in [2.75, 3.05) is 25.4 Å². The number of amides is 1. The summed E-state index contributed by atoms with van der Waals surface area (Å²) in [5, 5.41) is 9.69. The Balaban J connectivity index is 1.79. The zero-order valence-electron chi connectivity index (χ0n) is 14.8. The number of hydrogen-bond donors (Lipinski definition) is 1. The van der Waals surface area contributed by atoms with Gasteiger partial charge in [-0.05, 0) is 38.0 Å². The number of fused-ring (bicyclic) bond motifs is 1. The predicted octanol–water partition coefficient (Wildman–Crippen LogP) is 1.29. The Morgan fingerprint density at radius 1 is 1.20 bits per heavy atom. The first kappa shape index (κ1) is 18.6. The number of carbonyl (C=O) groups excluding carboxylic acids is 1. The molecule has 0 radical (unpaired) electrons. The highest BCUT2D eigenvalue weighted by atomic mass is 32.2. The molecule has 3 rings (SSSR count). The van der Waals surface area contributed by atoms with Gasteiger partial charge in [-0.25, -0.2) is 8.42 Å². The van der Waals surface area contributed by atoms with Crippen molar-refractivity contribution >= 4 is 21.9 Å². The summed E-state index contributed by atoms with van der Waals surface area (Å²) in [7, 11) is -3.44. The molecule has 25 heavy (non-hydrogen) atoms. The van der Waals surface area contributed by atoms with Gasteiger partial charge < -0.3 is 10.0 Å². The standard InChI is InChI=1S/C17H28N2O5S/c1-2-10-25(23,24)19-9-4-3-7-14(19)15(20)18-11-13-6-5-8-17(13,12-18)16(21)22/h13-14H,2-12H2,1H3,(H,21,22)/t13-,14?,17+/m0/s1. The molecular weight excluding hydrogens is 344 g/mol. The molecule has 0 aromatic rings. The molecule has 1 N–H and O–H groups in total. The summed E-state index contributed by atoms with van der Waals surface area (Å²) in [5.74, 6) is -0.963. The Morgan fingerprint density at radius 2 is 1.96 bits per heavy atom. The minimum absolute atomic E-state index is 0.00163. The van der Waals surface area contributed by atoms with Crippen molar-refractivity contribution in [1.29, 1.82) is 0 Å². The zero-order chi connectivity index (χ0) is 18.2. The minimum atomic E-state index is -3.44. The van der Waals surface area contributed by atoms with Crippen LogP contribution in [0, 0.1) is 11.3 Å². The summed E-state index contributed by atoms with van der Waals surface area (Å²) in [6.45, 7) is 2.88. The molecule has 2 aliphatic heterocycles. The second kappa shape index (κ2) is 6.87. The number of rotatable bonds is 5. The molecule has 3 atom stereocenters. The maximum absolute atomic E-state index is 13.1. The topological polar surface area (TPSA) is 95.0 Å². The molecule has 8 heteroatoms. The lowest BCUT2D eigenvalue weighted by molar-refractivity contribution is -0.149. The van der Waals surface area contributed by atoms with Crippen LogP contribution < -0.4 is 0 Å². The van der Waals surface area contributed by atoms with Crippen LogP contribution in [0.15, 0.2) is 0 Å². The lowest BCUT2D eigenvalue weighted by Crippen LogP contribution is -2.53. The molecule has 0 aromatic heterocycles. The molecule has 1 unspecified atom stereocenters. The van der Waals surface area contributed by atoms with E-state index in [1.807, 2.05) is 6.92 Å². The number of likely N-dealkylation sites (tertiary alicyclic amines) is 1. The lowest BCUT2D eigenvalue weighted by Gasteiger charge is -2.36. The van der Waals surface area contributed by atoms with Gasteiger partial charge in [0.05, 0.1) is 11.2 Å². The predicted molar refractivity (Wildman–Crippen MR) is 92.4 cm³/mol. The number of carboxylic acid groups (broad SMARTS) is 1. The van der Waals surface area contributed by atoms with Crippen LogP contribution in [0.5, 0.6) is 0 Å². The van der Waals surface area contributed by atoms with Crippen LogP contribution in [0.25, 0.3) is 0 Å². The fourth-order valence-corrected chi connectivity index (χ4v) is 6.62. The molecule has 142 valence electrons. The van der Waals surface area contributed by atoms with E-state index >= 15 is 0 Å². The second-order valence-corrected chi connectivity index (χ2v) is 9.75. The van der Waals surface area contributed by atoms with Crippen LogP contribution in [-0.2, 0) is 19.6 Å². The van der Waals surface area contributed by atoms with Crippen LogP contribution in [0.1, 0.15) is 51.9 Å². The van der Waals surface area contributed by atoms with Gasteiger partial charge in [0.2, 0.25) is 15.9 Å². The summed E-state index contributed by atoms with van der Waals surface area (Å²) < 4.78 is 26.5. The maximum atomic E-state index is 13.1. The van der Waals surface area contributed by atoms with Crippen molar-refractivity contribution in [3.05, 3.63) is 0 Å². The first-order valence-corrected chi connectivity index (χ1v) is 10.9. The SMILES string of the molecule is CCCS(=O)(=O)N1CCCCC1C(=O)N1C[C@@H]2CCC[C@@]2(C(=O)O)C1. The summed E-state index contributed by atoms with van der Waals surface area (Å²) in [5.41, 5.74) is -0.822. The molecular formula is C17H28N2O5S. The third-order valence-corrected chi connectivity index (χ3v) is 8.24. The van der Waals surface area contributed by atoms with Gasteiger partial charge in [-0.3, -0.25) is 9.59 Å². The van der Waals surface area contributed by atoms with Crippen molar-refractivity contribution in [1.82, 2.24) is 9.21 Å². The number of sulfonamides is 1. The highest BCUT2D eigenvalue weighted by molar-refractivity contribution is 7.89. The van der Waals surface area contributed by atoms with E-state index in [2.05, 4.69) is 0 Å². The molecule has 2 saturated heterocycles. The highest BCUT2D eigenvalue weighted by Gasteiger charge is 2.56. The van der Waals surface area contributed by atoms with Gasteiger partial charge in [-0.1, -0.05) is 19.8 Å². The quantitative estimate of drug-likeness (QED) is 0.785. The van der Waals surface area contributed by atoms with Crippen LogP contribution in [0.3, 0.4) is 0 Å². The van der Waals surface area contributed by atoms with E-state index in [-0.39, 0.29) is 24.1 Å². The van der Waals surface area contributed by atoms with E-state index < -0.39 is 27.4 Å². The minimum Gasteiger partial charge on any atom is -0.481 e. The maximum Gasteiger partial charge on any atom is 0.311 e. The van der Waals surface area contributed by atoms with Crippen molar-refractivity contribution in [3.8, 4) is 0 Å². The fourth-order valence-electron chi connectivity index (χ4n) is 4.88. The number of carboxylic acids is 1. The number of carbonyl (C=O) groups is 2. The van der Waals surface area contributed by atoms with E-state index in [1.165, 1.54) is 4.31 Å². The summed E-state index contributed by atoms with van der Waals surface area (Å²) >= 11 is 0. The van der Waals surface area contributed by atoms with Gasteiger partial charge in [0.15, 0.2) is 0 Å². The molecule has 1 aliphatic carbocycles. The van der Waals surface area contributed by atoms with Crippen LogP contribution >= 0.6 is 0 Å². The highest BCUT2D eigenvalue weighted by Crippen LogP contribution is 2.49. The second-order valence-electron chi connectivity index (χ2n) is 7.71. The Labute approximate surface area is 149 Å². The molecule has 0 bridgehead atoms. The molecule has 3 fully saturated rings. The van der Waals surface area contributed by atoms with Gasteiger partial charge in [0, 0.05) is 19.6 Å². The van der Waals surface area contributed by atoms with Gasteiger partial charge in [0.1, 0.15) is 6.04 Å². The number of piperidine rings is 1. The average molecular weight is 372 g/mol. The first-order chi connectivity index (χ1) is 11.8. The Morgan fingerprint density at radius 3 is 2.60 bits per heavy atom. The lowest BCUT2D eigenvalue weighted by atomic mass is 9.81. The number of nitrogens with zero attached hydrogens (tertiary/aromatic N) is 2. The first-order valence-electron chi connectivity index (χ1n) is 9.33. The van der Waals surface area contributed by atoms with Crippen molar-refractivity contribution in [2.24, 2.45) is 11.3 Å². The van der Waals surface area contributed by atoms with Gasteiger partial charge in [0.25, 0.3) is 0 Å². The molecule has 3 aliphatic rings. The summed E-state index contributed by atoms with van der Waals surface area (Å²) in [6.07, 6.45) is 4.98. The third kappa shape index (κ3) is 3.18. The molecule has 2 heterocycles. The monoisotopic (exact) mass is 372 g/mol. The van der Waals surface area contributed by atoms with Crippen LogP contribution in [0.4, 0.5) is 0 Å². The van der Waals surface area contributed by atoms with E-state index in [0.717, 1.165) is 25.7 Å². The number of hydrogen-bond acceptors (Lipinski definition) is 4. The number of aliphatic carboxylic acids is 1. The summed E-state index contributed by atoms with van der Waals surface area (Å²) in [4.78, 5) is 26.5. The van der Waals surface area contributed by atoms with E-state index in [9.17, 15) is 23.1 Å². The molecule has 1 amide bonds. The van der Waals surface area contributed by atoms with E-state index in [4.69, 9.17) is 0 Å². The molecule has 0 spiro atoms. The van der Waals surface area contributed by atoms with Crippen LogP contribution in [0.2, 0.25) is 0 Å². The van der Waals surface area contributed by atoms with E-state index in [0.29, 0.717) is 32.4 Å². The van der Waals surface area contributed by atoms with Crippen molar-refractivity contribution in [3.63, 3.8) is 0 Å². The van der Waals surface area contributed by atoms with Gasteiger partial charge >= 0.3 is 5.97 Å². The normalized spacial score (nSPS) is 33.4.